The van der Waals surface area contributed by atoms with Crippen LogP contribution in [0.4, 0.5) is 4.39 Å². The maximum absolute atomic E-state index is 13.1. The van der Waals surface area contributed by atoms with Crippen LogP contribution in [-0.4, -0.2) is 32.5 Å². The van der Waals surface area contributed by atoms with Crippen molar-refractivity contribution in [2.45, 2.75) is 49.6 Å². The van der Waals surface area contributed by atoms with Crippen LogP contribution in [0.15, 0.2) is 45.9 Å². The molecule has 1 heterocycles. The fourth-order valence-corrected chi connectivity index (χ4v) is 5.57. The maximum atomic E-state index is 13.1. The molecule has 1 atom stereocenters. The second-order valence-electron chi connectivity index (χ2n) is 7.61. The van der Waals surface area contributed by atoms with Crippen LogP contribution in [-0.2, 0) is 14.8 Å². The number of aromatic nitrogens is 1. The molecule has 0 radical (unpaired) electrons. The van der Waals surface area contributed by atoms with E-state index in [4.69, 9.17) is 4.74 Å². The SMILES string of the molecule is COc1ncc(S(=O)(=O)NC2CCC(C(=O)N[C@H](C)c3ccc(F)cc3)CC2)cc1Br. The highest BCUT2D eigenvalue weighted by atomic mass is 79.9. The largest absolute Gasteiger partial charge is 0.480 e. The van der Waals surface area contributed by atoms with Crippen molar-refractivity contribution in [3.8, 4) is 5.88 Å². The van der Waals surface area contributed by atoms with Gasteiger partial charge in [0.05, 0.1) is 23.8 Å². The molecule has 0 bridgehead atoms. The molecule has 0 saturated heterocycles. The Kier molecular flexibility index (Phi) is 7.66. The number of hydrogen-bond acceptors (Lipinski definition) is 5. The highest BCUT2D eigenvalue weighted by Gasteiger charge is 2.30. The van der Waals surface area contributed by atoms with E-state index in [1.807, 2.05) is 6.92 Å². The number of carbonyl (C=O) groups excluding carboxylic acids is 1. The summed E-state index contributed by atoms with van der Waals surface area (Å²) in [4.78, 5) is 16.6. The zero-order chi connectivity index (χ0) is 22.6. The van der Waals surface area contributed by atoms with E-state index in [9.17, 15) is 17.6 Å². The van der Waals surface area contributed by atoms with Gasteiger partial charge in [0.15, 0.2) is 0 Å². The van der Waals surface area contributed by atoms with Crippen LogP contribution >= 0.6 is 15.9 Å². The average Bonchev–Trinajstić information content (AvgIpc) is 2.74. The van der Waals surface area contributed by atoms with Gasteiger partial charge in [0.1, 0.15) is 10.7 Å². The molecule has 2 aromatic rings. The molecule has 1 aliphatic carbocycles. The van der Waals surface area contributed by atoms with E-state index in [0.717, 1.165) is 5.56 Å². The lowest BCUT2D eigenvalue weighted by molar-refractivity contribution is -0.126. The van der Waals surface area contributed by atoms with Crippen LogP contribution in [0.3, 0.4) is 0 Å². The Morgan fingerprint density at radius 3 is 2.45 bits per heavy atom. The van der Waals surface area contributed by atoms with E-state index in [0.29, 0.717) is 36.0 Å². The summed E-state index contributed by atoms with van der Waals surface area (Å²) in [7, 11) is -2.28. The number of rotatable bonds is 7. The van der Waals surface area contributed by atoms with Crippen LogP contribution in [0, 0.1) is 11.7 Å². The zero-order valence-electron chi connectivity index (χ0n) is 17.3. The number of nitrogens with zero attached hydrogens (tertiary/aromatic N) is 1. The topological polar surface area (TPSA) is 97.4 Å². The minimum atomic E-state index is -3.73. The van der Waals surface area contributed by atoms with Crippen molar-refractivity contribution in [2.75, 3.05) is 7.11 Å². The molecule has 1 aromatic carbocycles. The van der Waals surface area contributed by atoms with E-state index >= 15 is 0 Å². The molecule has 1 fully saturated rings. The number of hydrogen-bond donors (Lipinski definition) is 2. The van der Waals surface area contributed by atoms with Gasteiger partial charge in [-0.1, -0.05) is 12.1 Å². The number of halogens is 2. The second-order valence-corrected chi connectivity index (χ2v) is 10.2. The van der Waals surface area contributed by atoms with E-state index in [1.54, 1.807) is 12.1 Å². The van der Waals surface area contributed by atoms with Crippen molar-refractivity contribution in [2.24, 2.45) is 5.92 Å². The van der Waals surface area contributed by atoms with Gasteiger partial charge in [-0.2, -0.15) is 0 Å². The predicted molar refractivity (Wildman–Crippen MR) is 118 cm³/mol. The molecule has 1 aliphatic rings. The van der Waals surface area contributed by atoms with Gasteiger partial charge in [-0.3, -0.25) is 4.79 Å². The standard InChI is InChI=1S/C21H25BrFN3O4S/c1-13(14-3-7-16(23)8-4-14)25-20(27)15-5-9-17(10-6-15)26-31(28,29)18-11-19(22)21(30-2)24-12-18/h3-4,7-8,11-13,15,17,26H,5-6,9-10H2,1-2H3,(H,25,27)/t13-,15?,17?/m1/s1. The van der Waals surface area contributed by atoms with Gasteiger partial charge in [-0.25, -0.2) is 22.5 Å². The third kappa shape index (κ3) is 6.02. The summed E-state index contributed by atoms with van der Waals surface area (Å²) in [5.41, 5.74) is 0.829. The summed E-state index contributed by atoms with van der Waals surface area (Å²) in [6, 6.07) is 7.01. The van der Waals surface area contributed by atoms with Crippen LogP contribution in [0.1, 0.15) is 44.2 Å². The Bertz CT molecular complexity index is 1030. The molecule has 3 rings (SSSR count). The van der Waals surface area contributed by atoms with Gasteiger partial charge in [0.2, 0.25) is 21.8 Å². The number of methoxy groups -OCH3 is 1. The van der Waals surface area contributed by atoms with E-state index in [1.165, 1.54) is 31.5 Å². The van der Waals surface area contributed by atoms with E-state index < -0.39 is 10.0 Å². The fraction of sp³-hybridized carbons (Fsp3) is 0.429. The van der Waals surface area contributed by atoms with Crippen molar-refractivity contribution in [3.05, 3.63) is 52.4 Å². The summed E-state index contributed by atoms with van der Waals surface area (Å²) in [5.74, 6) is -0.261. The lowest BCUT2D eigenvalue weighted by Gasteiger charge is -2.29. The number of carbonyl (C=O) groups is 1. The summed E-state index contributed by atoms with van der Waals surface area (Å²) in [5, 5.41) is 2.97. The first-order valence-electron chi connectivity index (χ1n) is 9.97. The van der Waals surface area contributed by atoms with Crippen molar-refractivity contribution >= 4 is 31.9 Å². The molecular formula is C21H25BrFN3O4S. The number of nitrogens with one attached hydrogen (secondary N) is 2. The molecule has 7 nitrogen and oxygen atoms in total. The molecule has 2 N–H and O–H groups in total. The first-order chi connectivity index (χ1) is 14.7. The van der Waals surface area contributed by atoms with Crippen molar-refractivity contribution < 1.29 is 22.3 Å². The first-order valence-corrected chi connectivity index (χ1v) is 12.2. The Balaban J connectivity index is 1.53. The zero-order valence-corrected chi connectivity index (χ0v) is 19.7. The van der Waals surface area contributed by atoms with Gasteiger partial charge < -0.3 is 10.1 Å². The Labute approximate surface area is 190 Å². The average molecular weight is 514 g/mol. The third-order valence-corrected chi connectivity index (χ3v) is 7.49. The summed E-state index contributed by atoms with van der Waals surface area (Å²) in [6.07, 6.45) is 3.54. The Hall–Kier alpha value is -2.04. The van der Waals surface area contributed by atoms with Crippen molar-refractivity contribution in [1.29, 1.82) is 0 Å². The third-order valence-electron chi connectivity index (χ3n) is 5.43. The van der Waals surface area contributed by atoms with Gasteiger partial charge in [0, 0.05) is 12.0 Å². The lowest BCUT2D eigenvalue weighted by atomic mass is 9.85. The van der Waals surface area contributed by atoms with Gasteiger partial charge in [-0.15, -0.1) is 0 Å². The second kappa shape index (κ2) is 10.1. The number of pyridine rings is 1. The monoisotopic (exact) mass is 513 g/mol. The summed E-state index contributed by atoms with van der Waals surface area (Å²) < 4.78 is 46.6. The molecule has 0 spiro atoms. The van der Waals surface area contributed by atoms with Gasteiger partial charge >= 0.3 is 0 Å². The normalized spacial score (nSPS) is 20.1. The highest BCUT2D eigenvalue weighted by molar-refractivity contribution is 9.10. The Morgan fingerprint density at radius 2 is 1.87 bits per heavy atom. The number of benzene rings is 1. The van der Waals surface area contributed by atoms with E-state index in [-0.39, 0.29) is 34.6 Å². The number of amides is 1. The Morgan fingerprint density at radius 1 is 1.23 bits per heavy atom. The van der Waals surface area contributed by atoms with Crippen molar-refractivity contribution in [3.63, 3.8) is 0 Å². The quantitative estimate of drug-likeness (QED) is 0.588. The first kappa shape index (κ1) is 23.6. The van der Waals surface area contributed by atoms with Crippen LogP contribution in [0.5, 0.6) is 5.88 Å². The smallest absolute Gasteiger partial charge is 0.242 e. The molecule has 0 aliphatic heterocycles. The van der Waals surface area contributed by atoms with Gasteiger partial charge in [-0.05, 0) is 72.3 Å². The van der Waals surface area contributed by atoms with Crippen LogP contribution < -0.4 is 14.8 Å². The lowest BCUT2D eigenvalue weighted by Crippen LogP contribution is -2.41. The molecule has 31 heavy (non-hydrogen) atoms. The minimum Gasteiger partial charge on any atom is -0.480 e. The maximum Gasteiger partial charge on any atom is 0.242 e. The van der Waals surface area contributed by atoms with Crippen LogP contribution in [0.25, 0.3) is 0 Å². The molecule has 1 saturated carbocycles. The fourth-order valence-electron chi connectivity index (χ4n) is 3.63. The van der Waals surface area contributed by atoms with Gasteiger partial charge in [0.25, 0.3) is 0 Å². The van der Waals surface area contributed by atoms with E-state index in [2.05, 4.69) is 31.0 Å². The molecule has 1 amide bonds. The highest BCUT2D eigenvalue weighted by Crippen LogP contribution is 2.28. The predicted octanol–water partition coefficient (Wildman–Crippen LogP) is 3.71. The summed E-state index contributed by atoms with van der Waals surface area (Å²) >= 11 is 3.25. The molecule has 0 unspecified atom stereocenters. The van der Waals surface area contributed by atoms with Crippen molar-refractivity contribution in [1.82, 2.24) is 15.0 Å². The molecule has 10 heteroatoms. The molecule has 168 valence electrons. The number of sulfonamides is 1. The molecular weight excluding hydrogens is 489 g/mol. The number of ether oxygens (including phenoxy) is 1. The molecule has 1 aromatic heterocycles. The van der Waals surface area contributed by atoms with Crippen LogP contribution in [0.2, 0.25) is 0 Å². The summed E-state index contributed by atoms with van der Waals surface area (Å²) in [6.45, 7) is 1.85. The minimum absolute atomic E-state index is 0.0492.